The zero-order chi connectivity index (χ0) is 11.4. The monoisotopic (exact) mass is 251 g/mol. The molecule has 0 aliphatic carbocycles. The Morgan fingerprint density at radius 2 is 2.19 bits per heavy atom. The quantitative estimate of drug-likeness (QED) is 0.846. The van der Waals surface area contributed by atoms with Crippen LogP contribution in [-0.2, 0) is 6.42 Å². The number of hydrogen-bond acceptors (Lipinski definition) is 3. The van der Waals surface area contributed by atoms with Crippen LogP contribution >= 0.6 is 22.7 Å². The van der Waals surface area contributed by atoms with Gasteiger partial charge in [-0.05, 0) is 59.7 Å². The van der Waals surface area contributed by atoms with Crippen LogP contribution in [-0.4, -0.2) is 6.54 Å². The van der Waals surface area contributed by atoms with Gasteiger partial charge in [0.1, 0.15) is 0 Å². The van der Waals surface area contributed by atoms with Crippen molar-refractivity contribution in [1.29, 1.82) is 0 Å². The average Bonchev–Trinajstić information content (AvgIpc) is 2.90. The van der Waals surface area contributed by atoms with E-state index < -0.39 is 0 Å². The van der Waals surface area contributed by atoms with Crippen LogP contribution in [0.25, 0.3) is 0 Å². The Balaban J connectivity index is 1.78. The molecule has 0 fully saturated rings. The number of thiophene rings is 2. The maximum absolute atomic E-state index is 3.56. The van der Waals surface area contributed by atoms with E-state index in [4.69, 9.17) is 0 Å². The summed E-state index contributed by atoms with van der Waals surface area (Å²) in [4.78, 5) is 1.50. The van der Waals surface area contributed by atoms with Crippen LogP contribution in [0.2, 0.25) is 0 Å². The van der Waals surface area contributed by atoms with Gasteiger partial charge in [-0.15, -0.1) is 11.3 Å². The minimum absolute atomic E-state index is 0.464. The average molecular weight is 251 g/mol. The van der Waals surface area contributed by atoms with E-state index >= 15 is 0 Å². The lowest BCUT2D eigenvalue weighted by molar-refractivity contribution is 0.579. The molecular weight excluding hydrogens is 234 g/mol. The van der Waals surface area contributed by atoms with E-state index in [1.54, 1.807) is 11.3 Å². The lowest BCUT2D eigenvalue weighted by Crippen LogP contribution is -2.20. The van der Waals surface area contributed by atoms with E-state index in [1.807, 2.05) is 11.3 Å². The molecule has 2 aromatic rings. The minimum atomic E-state index is 0.464. The lowest BCUT2D eigenvalue weighted by Gasteiger charge is -2.11. The molecule has 0 aliphatic heterocycles. The lowest BCUT2D eigenvalue weighted by atomic mass is 10.1. The molecule has 86 valence electrons. The second-order valence-corrected chi connectivity index (χ2v) is 5.79. The van der Waals surface area contributed by atoms with Crippen molar-refractivity contribution in [2.45, 2.75) is 26.3 Å². The molecule has 0 spiro atoms. The summed E-state index contributed by atoms with van der Waals surface area (Å²) in [5.41, 5.74) is 2.82. The van der Waals surface area contributed by atoms with Crippen molar-refractivity contribution in [3.05, 3.63) is 44.3 Å². The molecule has 1 N–H and O–H groups in total. The third kappa shape index (κ3) is 2.94. The largest absolute Gasteiger partial charge is 0.310 e. The van der Waals surface area contributed by atoms with Gasteiger partial charge in [0.25, 0.3) is 0 Å². The summed E-state index contributed by atoms with van der Waals surface area (Å²) in [5, 5.41) is 10.1. The fraction of sp³-hybridized carbons (Fsp3) is 0.385. The Kier molecular flexibility index (Phi) is 4.16. The third-order valence-corrected chi connectivity index (χ3v) is 4.60. The standard InChI is InChI=1S/C13H17NS2/c1-10-4-8-16-13(10)3-6-14-11(2)12-5-7-15-9-12/h4-5,7-9,11,14H,3,6H2,1-2H3. The molecule has 2 aromatic heterocycles. The first kappa shape index (κ1) is 11.8. The van der Waals surface area contributed by atoms with Crippen molar-refractivity contribution < 1.29 is 0 Å². The van der Waals surface area contributed by atoms with Crippen molar-refractivity contribution in [3.8, 4) is 0 Å². The van der Waals surface area contributed by atoms with E-state index in [-0.39, 0.29) is 0 Å². The van der Waals surface area contributed by atoms with Gasteiger partial charge in [-0.3, -0.25) is 0 Å². The summed E-state index contributed by atoms with van der Waals surface area (Å²) in [6.07, 6.45) is 1.14. The molecular formula is C13H17NS2. The second-order valence-electron chi connectivity index (χ2n) is 4.01. The van der Waals surface area contributed by atoms with Crippen molar-refractivity contribution in [2.75, 3.05) is 6.54 Å². The first-order chi connectivity index (χ1) is 7.77. The van der Waals surface area contributed by atoms with Gasteiger partial charge in [0.2, 0.25) is 0 Å². The first-order valence-corrected chi connectivity index (χ1v) is 7.38. The summed E-state index contributed by atoms with van der Waals surface area (Å²) in [5.74, 6) is 0. The molecule has 0 saturated carbocycles. The smallest absolute Gasteiger partial charge is 0.0300 e. The fourth-order valence-corrected chi connectivity index (χ4v) is 3.37. The number of rotatable bonds is 5. The van der Waals surface area contributed by atoms with Gasteiger partial charge in [-0.1, -0.05) is 0 Å². The highest BCUT2D eigenvalue weighted by Crippen LogP contribution is 2.17. The van der Waals surface area contributed by atoms with Gasteiger partial charge in [0.05, 0.1) is 0 Å². The molecule has 2 rings (SSSR count). The Morgan fingerprint density at radius 3 is 2.81 bits per heavy atom. The molecule has 1 unspecified atom stereocenters. The zero-order valence-corrected chi connectivity index (χ0v) is 11.3. The van der Waals surface area contributed by atoms with Crippen LogP contribution in [0.5, 0.6) is 0 Å². The molecule has 3 heteroatoms. The van der Waals surface area contributed by atoms with Crippen molar-refractivity contribution in [1.82, 2.24) is 5.32 Å². The predicted octanol–water partition coefficient (Wildman–Crippen LogP) is 4.01. The van der Waals surface area contributed by atoms with Crippen LogP contribution in [0.1, 0.15) is 29.0 Å². The number of aryl methyl sites for hydroxylation is 1. The maximum Gasteiger partial charge on any atom is 0.0300 e. The van der Waals surface area contributed by atoms with Gasteiger partial charge in [0.15, 0.2) is 0 Å². The van der Waals surface area contributed by atoms with Gasteiger partial charge < -0.3 is 5.32 Å². The van der Waals surface area contributed by atoms with Gasteiger partial charge >= 0.3 is 0 Å². The van der Waals surface area contributed by atoms with Crippen LogP contribution in [0.4, 0.5) is 0 Å². The predicted molar refractivity (Wildman–Crippen MR) is 73.5 cm³/mol. The highest BCUT2D eigenvalue weighted by atomic mass is 32.1. The molecule has 0 aliphatic rings. The Hall–Kier alpha value is -0.640. The molecule has 1 nitrogen and oxygen atoms in total. The van der Waals surface area contributed by atoms with Crippen LogP contribution in [0.15, 0.2) is 28.3 Å². The molecule has 1 atom stereocenters. The summed E-state index contributed by atoms with van der Waals surface area (Å²) < 4.78 is 0. The molecule has 0 aromatic carbocycles. The van der Waals surface area contributed by atoms with Gasteiger partial charge in [0, 0.05) is 17.5 Å². The summed E-state index contributed by atoms with van der Waals surface area (Å²) >= 11 is 3.62. The van der Waals surface area contributed by atoms with Gasteiger partial charge in [-0.2, -0.15) is 11.3 Å². The maximum atomic E-state index is 3.56. The Labute approximate surface area is 105 Å². The van der Waals surface area contributed by atoms with Crippen molar-refractivity contribution >= 4 is 22.7 Å². The normalized spacial score (nSPS) is 12.9. The fourth-order valence-electron chi connectivity index (χ4n) is 1.70. The van der Waals surface area contributed by atoms with Crippen molar-refractivity contribution in [3.63, 3.8) is 0 Å². The molecule has 0 radical (unpaired) electrons. The van der Waals surface area contributed by atoms with E-state index in [0.29, 0.717) is 6.04 Å². The van der Waals surface area contributed by atoms with Crippen LogP contribution in [0, 0.1) is 6.92 Å². The number of hydrogen-bond donors (Lipinski definition) is 1. The van der Waals surface area contributed by atoms with Crippen LogP contribution < -0.4 is 5.32 Å². The minimum Gasteiger partial charge on any atom is -0.310 e. The topological polar surface area (TPSA) is 12.0 Å². The third-order valence-electron chi connectivity index (χ3n) is 2.81. The van der Waals surface area contributed by atoms with E-state index in [1.165, 1.54) is 16.0 Å². The summed E-state index contributed by atoms with van der Waals surface area (Å²) in [6, 6.07) is 4.85. The second kappa shape index (κ2) is 5.62. The van der Waals surface area contributed by atoms with Crippen molar-refractivity contribution in [2.24, 2.45) is 0 Å². The molecule has 16 heavy (non-hydrogen) atoms. The molecule has 0 bridgehead atoms. The molecule has 0 saturated heterocycles. The van der Waals surface area contributed by atoms with E-state index in [2.05, 4.69) is 47.4 Å². The first-order valence-electron chi connectivity index (χ1n) is 5.56. The van der Waals surface area contributed by atoms with E-state index in [9.17, 15) is 0 Å². The Morgan fingerprint density at radius 1 is 1.31 bits per heavy atom. The Bertz CT molecular complexity index is 417. The molecule has 0 amide bonds. The van der Waals surface area contributed by atoms with Gasteiger partial charge in [-0.25, -0.2) is 0 Å². The zero-order valence-electron chi connectivity index (χ0n) is 9.69. The highest BCUT2D eigenvalue weighted by molar-refractivity contribution is 7.10. The highest BCUT2D eigenvalue weighted by Gasteiger charge is 2.05. The van der Waals surface area contributed by atoms with E-state index in [0.717, 1.165) is 13.0 Å². The number of nitrogens with one attached hydrogen (secondary N) is 1. The summed E-state index contributed by atoms with van der Waals surface area (Å²) in [6.45, 7) is 5.47. The summed E-state index contributed by atoms with van der Waals surface area (Å²) in [7, 11) is 0. The van der Waals surface area contributed by atoms with Crippen LogP contribution in [0.3, 0.4) is 0 Å². The SMILES string of the molecule is Cc1ccsc1CCNC(C)c1ccsc1. The molecule has 2 heterocycles.